The standard InChI is InChI=1S/C79H61B3N6/c1-55-26-25-45-77-78(55)83-79-84(75-43-23-24-44-76(75)85(77)79)64-48-51-71-67-40-20-19-39-66(67)70-49-46-57(52-73(70)68-41-21-22-42-69(68)74(71)54-64)72-53-60(47-50-65(72)56-27-17-18-28-56)82-87(62-35-13-5-14-36-62)80(58-29-7-2-8-30-58)86(61-33-11-4-12-34-61)81(59-31-9-3-10-32-59)88(82)63-37-15-6-16-38-63/h2-16,19-26,29-54,56H,17-18,27-28H2,1H3/i56D. The minimum absolute atomic E-state index is 0.279. The highest BCUT2D eigenvalue weighted by Gasteiger charge is 2.56. The molecule has 0 bridgehead atoms. The molecule has 0 N–H and O–H groups in total. The van der Waals surface area contributed by atoms with Crippen LogP contribution in [0.3, 0.4) is 0 Å². The van der Waals surface area contributed by atoms with E-state index in [0.29, 0.717) is 0 Å². The Morgan fingerprint density at radius 2 is 0.795 bits per heavy atom. The van der Waals surface area contributed by atoms with Gasteiger partial charge in [-0.05, 0) is 182 Å². The van der Waals surface area contributed by atoms with Crippen molar-refractivity contribution in [1.29, 1.82) is 0 Å². The van der Waals surface area contributed by atoms with E-state index in [0.717, 1.165) is 126 Å². The molecule has 88 heavy (non-hydrogen) atoms. The van der Waals surface area contributed by atoms with Crippen LogP contribution in [0.5, 0.6) is 0 Å². The van der Waals surface area contributed by atoms with Crippen LogP contribution in [-0.4, -0.2) is 34.9 Å². The second kappa shape index (κ2) is 21.5. The Balaban J connectivity index is 0.902. The fourth-order valence-corrected chi connectivity index (χ4v) is 15.0. The van der Waals surface area contributed by atoms with Crippen LogP contribution in [0.1, 0.15) is 44.1 Å². The van der Waals surface area contributed by atoms with Crippen LogP contribution in [0, 0.1) is 6.92 Å². The van der Waals surface area contributed by atoms with Crippen molar-refractivity contribution >= 4 is 82.2 Å². The number of benzene rings is 12. The van der Waals surface area contributed by atoms with E-state index in [4.69, 9.17) is 4.98 Å². The first kappa shape index (κ1) is 50.8. The third kappa shape index (κ3) is 8.47. The predicted octanol–water partition coefficient (Wildman–Crippen LogP) is 17.1. The molecule has 2 aromatic heterocycles. The lowest BCUT2D eigenvalue weighted by Crippen LogP contribution is -2.86. The smallest absolute Gasteiger partial charge is 0.388 e. The van der Waals surface area contributed by atoms with Gasteiger partial charge in [-0.25, -0.2) is 4.98 Å². The Bertz CT molecular complexity index is 4900. The van der Waals surface area contributed by atoms with Gasteiger partial charge in [0.15, 0.2) is 0 Å². The molecule has 0 atom stereocenters. The summed E-state index contributed by atoms with van der Waals surface area (Å²) in [7, 11) is 0. The van der Waals surface area contributed by atoms with E-state index in [9.17, 15) is 1.37 Å². The van der Waals surface area contributed by atoms with Gasteiger partial charge in [-0.15, -0.1) is 0 Å². The predicted molar refractivity (Wildman–Crippen MR) is 372 cm³/mol. The summed E-state index contributed by atoms with van der Waals surface area (Å²) in [6.07, 6.45) is 3.68. The maximum atomic E-state index is 10.5. The highest BCUT2D eigenvalue weighted by atomic mass is 15.3. The Morgan fingerprint density at radius 3 is 1.35 bits per heavy atom. The van der Waals surface area contributed by atoms with Gasteiger partial charge < -0.3 is 14.2 Å². The summed E-state index contributed by atoms with van der Waals surface area (Å²) in [4.78, 5) is 5.39. The summed E-state index contributed by atoms with van der Waals surface area (Å²) in [6, 6.07) is 110. The molecule has 1 saturated carbocycles. The van der Waals surface area contributed by atoms with Crippen LogP contribution >= 0.6 is 0 Å². The number of anilines is 3. The highest BCUT2D eigenvalue weighted by Crippen LogP contribution is 2.50. The van der Waals surface area contributed by atoms with E-state index < -0.39 is 5.89 Å². The van der Waals surface area contributed by atoms with Crippen LogP contribution in [0.25, 0.3) is 89.2 Å². The summed E-state index contributed by atoms with van der Waals surface area (Å²) in [5.74, 6) is 0.128. The fourth-order valence-electron chi connectivity index (χ4n) is 15.0. The number of aromatic nitrogens is 3. The Morgan fingerprint density at radius 1 is 0.352 bits per heavy atom. The molecule has 17 rings (SSSR count). The molecule has 3 heterocycles. The first-order valence-electron chi connectivity index (χ1n) is 31.6. The molecule has 2 aliphatic carbocycles. The first-order valence-corrected chi connectivity index (χ1v) is 31.1. The van der Waals surface area contributed by atoms with Crippen molar-refractivity contribution in [2.24, 2.45) is 0 Å². The molecule has 6 nitrogen and oxygen atoms in total. The lowest BCUT2D eigenvalue weighted by atomic mass is 9.37. The number of hydrogen-bond donors (Lipinski definition) is 0. The van der Waals surface area contributed by atoms with Gasteiger partial charge in [-0.2, -0.15) is 0 Å². The zero-order chi connectivity index (χ0) is 59.2. The van der Waals surface area contributed by atoms with Gasteiger partial charge in [-0.3, -0.25) is 8.97 Å². The van der Waals surface area contributed by atoms with Gasteiger partial charge in [0, 0.05) is 24.1 Å². The molecular weight excluding hydrogens is 1070 g/mol. The normalized spacial score (nSPS) is 14.6. The van der Waals surface area contributed by atoms with Gasteiger partial charge in [0.05, 0.1) is 22.1 Å². The fraction of sp³-hybridized carbons (Fsp3) is 0.0759. The summed E-state index contributed by atoms with van der Waals surface area (Å²) >= 11 is 0. The molecule has 1 saturated heterocycles. The Kier molecular flexibility index (Phi) is 12.4. The number of para-hydroxylation sites is 6. The zero-order valence-corrected chi connectivity index (χ0v) is 49.0. The van der Waals surface area contributed by atoms with E-state index in [2.05, 4.69) is 327 Å². The van der Waals surface area contributed by atoms with Gasteiger partial charge >= 0.3 is 20.9 Å². The quantitative estimate of drug-likeness (QED) is 0.135. The topological polar surface area (TPSA) is 32.0 Å². The minimum atomic E-state index is -0.764. The third-order valence-corrected chi connectivity index (χ3v) is 18.9. The highest BCUT2D eigenvalue weighted by molar-refractivity contribution is 7.14. The average Bonchev–Trinajstić information content (AvgIpc) is 1.69. The second-order valence-corrected chi connectivity index (χ2v) is 23.9. The molecule has 0 unspecified atom stereocenters. The van der Waals surface area contributed by atoms with Gasteiger partial charge in [-0.1, -0.05) is 237 Å². The van der Waals surface area contributed by atoms with Crippen molar-refractivity contribution in [3.63, 3.8) is 0 Å². The van der Waals surface area contributed by atoms with E-state index in [-0.39, 0.29) is 20.9 Å². The van der Waals surface area contributed by atoms with E-state index >= 15 is 0 Å². The molecule has 3 aliphatic rings. The van der Waals surface area contributed by atoms with Crippen molar-refractivity contribution < 1.29 is 1.37 Å². The summed E-state index contributed by atoms with van der Waals surface area (Å²) in [5, 5.41) is 0. The number of nitrogens with zero attached hydrogens (tertiary/aromatic N) is 6. The number of aryl methyl sites for hydroxylation is 1. The zero-order valence-electron chi connectivity index (χ0n) is 50.0. The molecule has 9 heteroatoms. The largest absolute Gasteiger partial charge is 0.416 e. The van der Waals surface area contributed by atoms with E-state index in [1.807, 2.05) is 0 Å². The SMILES string of the molecule is [2H]C1(c2ccc(B3N(c4ccccc4)B(c4ccccc4)N(c4ccccc4)B(c4ccccc4)N3c3ccccc3)cc2-c2ccc3c(c2)-c2ccccc2-c2cc(-n4c5ccccc5n5c6cccc(C)c6nc45)ccc2-c2ccccc2-3)CCCC1. The maximum Gasteiger partial charge on any atom is 0.388 e. The summed E-state index contributed by atoms with van der Waals surface area (Å²) < 4.78 is 23.1. The third-order valence-electron chi connectivity index (χ3n) is 18.9. The minimum Gasteiger partial charge on any atom is -0.416 e. The number of imidazole rings is 2. The maximum absolute atomic E-state index is 10.5. The molecule has 1 aliphatic heterocycles. The molecule has 14 aromatic rings. The van der Waals surface area contributed by atoms with Crippen molar-refractivity contribution in [2.75, 3.05) is 14.2 Å². The summed E-state index contributed by atoms with van der Waals surface area (Å²) in [6.45, 7) is 1.23. The van der Waals surface area contributed by atoms with Crippen molar-refractivity contribution in [1.82, 2.24) is 14.0 Å². The number of fused-ring (bicyclic) bond motifs is 13. The van der Waals surface area contributed by atoms with Crippen LogP contribution in [-0.2, 0) is 0 Å². The molecule has 0 radical (unpaired) electrons. The van der Waals surface area contributed by atoms with Gasteiger partial charge in [0.1, 0.15) is 0 Å². The Hall–Kier alpha value is -10.5. The lowest BCUT2D eigenvalue weighted by Gasteiger charge is -2.57. The van der Waals surface area contributed by atoms with Crippen molar-refractivity contribution in [3.8, 4) is 61.3 Å². The molecule has 0 amide bonds. The molecule has 12 aromatic carbocycles. The van der Waals surface area contributed by atoms with Crippen LogP contribution in [0.4, 0.5) is 17.1 Å². The van der Waals surface area contributed by atoms with Gasteiger partial charge in [0.2, 0.25) is 5.78 Å². The molecule has 2 fully saturated rings. The first-order chi connectivity index (χ1) is 44.0. The van der Waals surface area contributed by atoms with Crippen LogP contribution in [0.2, 0.25) is 0 Å². The average molecular weight is 1130 g/mol. The molecular formula is C79H61B3N6. The van der Waals surface area contributed by atoms with Crippen LogP contribution < -0.4 is 30.6 Å². The van der Waals surface area contributed by atoms with Gasteiger partial charge in [0.25, 0.3) is 0 Å². The molecule has 0 spiro atoms. The van der Waals surface area contributed by atoms with E-state index in [1.54, 1.807) is 0 Å². The summed E-state index contributed by atoms with van der Waals surface area (Å²) in [5.41, 5.74) is 26.0. The molecule has 416 valence electrons. The van der Waals surface area contributed by atoms with E-state index in [1.165, 1.54) is 33.2 Å². The Labute approximate surface area is 517 Å². The lowest BCUT2D eigenvalue weighted by molar-refractivity contribution is 0.725. The number of rotatable bonds is 9. The monoisotopic (exact) mass is 1130 g/mol. The number of hydrogen-bond acceptors (Lipinski definition) is 4. The van der Waals surface area contributed by atoms with Crippen molar-refractivity contribution in [3.05, 3.63) is 308 Å². The second-order valence-electron chi connectivity index (χ2n) is 23.9. The van der Waals surface area contributed by atoms with Crippen LogP contribution in [0.15, 0.2) is 297 Å². The van der Waals surface area contributed by atoms with Crippen molar-refractivity contribution in [2.45, 2.75) is 38.5 Å².